The highest BCUT2D eigenvalue weighted by atomic mass is 35.5. The molecule has 1 unspecified atom stereocenters. The lowest BCUT2D eigenvalue weighted by Crippen LogP contribution is -2.18. The van der Waals surface area contributed by atoms with E-state index in [9.17, 15) is 4.79 Å². The molecule has 1 atom stereocenters. The van der Waals surface area contributed by atoms with Crippen LogP contribution in [-0.4, -0.2) is 22.1 Å². The second-order valence-corrected chi connectivity index (χ2v) is 7.21. The van der Waals surface area contributed by atoms with Gasteiger partial charge in [-0.25, -0.2) is 5.10 Å². The average molecular weight is 392 g/mol. The molecule has 0 radical (unpaired) electrons. The summed E-state index contributed by atoms with van der Waals surface area (Å²) in [6.07, 6.45) is 7.98. The van der Waals surface area contributed by atoms with Crippen LogP contribution in [0, 0.1) is 0 Å². The van der Waals surface area contributed by atoms with Gasteiger partial charge in [0.2, 0.25) is 5.88 Å². The molecule has 1 N–H and O–H groups in total. The van der Waals surface area contributed by atoms with Gasteiger partial charge >= 0.3 is 0 Å². The van der Waals surface area contributed by atoms with E-state index in [2.05, 4.69) is 21.2 Å². The Morgan fingerprint density at radius 3 is 2.50 bits per heavy atom. The van der Waals surface area contributed by atoms with Gasteiger partial charge in [-0.15, -0.1) is 5.10 Å². The fraction of sp³-hybridized carbons (Fsp3) is 0.263. The number of likely N-dealkylation sites (N-methyl/N-ethyl adjacent to an activating group) is 1. The van der Waals surface area contributed by atoms with E-state index in [1.807, 2.05) is 51.4 Å². The van der Waals surface area contributed by atoms with E-state index in [-0.39, 0.29) is 23.4 Å². The maximum absolute atomic E-state index is 11.8. The van der Waals surface area contributed by atoms with Crippen LogP contribution in [0.15, 0.2) is 47.4 Å². The van der Waals surface area contributed by atoms with Crippen molar-refractivity contribution in [1.29, 1.82) is 0 Å². The molecule has 5 nitrogen and oxygen atoms in total. The van der Waals surface area contributed by atoms with Gasteiger partial charge in [-0.2, -0.15) is 0 Å². The minimum Gasteiger partial charge on any atom is -0.434 e. The second-order valence-electron chi connectivity index (χ2n) is 6.40. The van der Waals surface area contributed by atoms with Gasteiger partial charge in [0.1, 0.15) is 0 Å². The number of aromatic nitrogens is 2. The van der Waals surface area contributed by atoms with E-state index >= 15 is 0 Å². The van der Waals surface area contributed by atoms with Crippen LogP contribution in [0.4, 0.5) is 0 Å². The summed E-state index contributed by atoms with van der Waals surface area (Å²) in [7, 11) is 1.98. The molecule has 0 fully saturated rings. The number of benzene rings is 1. The molecule has 1 aliphatic heterocycles. The van der Waals surface area contributed by atoms with Crippen molar-refractivity contribution in [2.45, 2.75) is 25.8 Å². The molecule has 26 heavy (non-hydrogen) atoms. The van der Waals surface area contributed by atoms with Crippen molar-refractivity contribution in [2.75, 3.05) is 7.05 Å². The number of allylic oxidation sites excluding steroid dienone is 2. The first-order valence-corrected chi connectivity index (χ1v) is 8.95. The number of H-pyrrole nitrogens is 1. The van der Waals surface area contributed by atoms with Gasteiger partial charge in [0, 0.05) is 18.7 Å². The number of rotatable bonds is 4. The summed E-state index contributed by atoms with van der Waals surface area (Å²) in [4.78, 5) is 13.9. The highest BCUT2D eigenvalue weighted by Gasteiger charge is 2.19. The quantitative estimate of drug-likeness (QED) is 0.791. The number of nitrogens with one attached hydrogen (secondary N) is 1. The summed E-state index contributed by atoms with van der Waals surface area (Å²) in [5.74, 6) is 0.589. The van der Waals surface area contributed by atoms with E-state index in [0.29, 0.717) is 21.4 Å². The van der Waals surface area contributed by atoms with Crippen molar-refractivity contribution in [2.24, 2.45) is 0 Å². The zero-order valence-corrected chi connectivity index (χ0v) is 16.2. The van der Waals surface area contributed by atoms with Crippen LogP contribution in [0.2, 0.25) is 10.0 Å². The first-order chi connectivity index (χ1) is 12.4. The van der Waals surface area contributed by atoms with Gasteiger partial charge < -0.3 is 9.64 Å². The third-order valence-electron chi connectivity index (χ3n) is 4.16. The van der Waals surface area contributed by atoms with Crippen molar-refractivity contribution < 1.29 is 4.74 Å². The summed E-state index contributed by atoms with van der Waals surface area (Å²) in [6, 6.07) is 5.29. The van der Waals surface area contributed by atoms with Gasteiger partial charge in [-0.05, 0) is 35.9 Å². The van der Waals surface area contributed by atoms with Crippen LogP contribution in [0.3, 0.4) is 0 Å². The number of aromatic amines is 1. The summed E-state index contributed by atoms with van der Waals surface area (Å²) in [5, 5.41) is 7.11. The molecule has 2 heterocycles. The van der Waals surface area contributed by atoms with Crippen LogP contribution in [-0.2, 0) is 0 Å². The summed E-state index contributed by atoms with van der Waals surface area (Å²) in [6.45, 7) is 3.84. The van der Waals surface area contributed by atoms with Gasteiger partial charge in [0.25, 0.3) is 5.56 Å². The molecule has 0 spiro atoms. The van der Waals surface area contributed by atoms with E-state index in [0.717, 1.165) is 5.56 Å². The van der Waals surface area contributed by atoms with Crippen LogP contribution >= 0.6 is 23.2 Å². The van der Waals surface area contributed by atoms with E-state index < -0.39 is 0 Å². The Morgan fingerprint density at radius 1 is 1.19 bits per heavy atom. The smallest absolute Gasteiger partial charge is 0.267 e. The zero-order chi connectivity index (χ0) is 18.8. The molecule has 3 rings (SSSR count). The van der Waals surface area contributed by atoms with Crippen LogP contribution in [0.5, 0.6) is 11.6 Å². The molecule has 2 aromatic rings. The minimum absolute atomic E-state index is 0.0408. The van der Waals surface area contributed by atoms with E-state index in [1.165, 1.54) is 0 Å². The summed E-state index contributed by atoms with van der Waals surface area (Å²) >= 11 is 12.8. The van der Waals surface area contributed by atoms with Crippen LogP contribution < -0.4 is 10.3 Å². The summed E-state index contributed by atoms with van der Waals surface area (Å²) < 4.78 is 5.76. The van der Waals surface area contributed by atoms with Gasteiger partial charge in [0.05, 0.1) is 16.1 Å². The molecule has 136 valence electrons. The SMILES string of the molecule is CC(C)c1cc(Oc2c(Cl)cc(C3C=CC=CN3C)cc2Cl)n[nH]c1=O. The fourth-order valence-electron chi connectivity index (χ4n) is 2.76. The highest BCUT2D eigenvalue weighted by Crippen LogP contribution is 2.39. The predicted molar refractivity (Wildman–Crippen MR) is 104 cm³/mol. The van der Waals surface area contributed by atoms with Crippen molar-refractivity contribution >= 4 is 23.2 Å². The lowest BCUT2D eigenvalue weighted by atomic mass is 10.0. The van der Waals surface area contributed by atoms with Crippen molar-refractivity contribution in [1.82, 2.24) is 15.1 Å². The maximum Gasteiger partial charge on any atom is 0.267 e. The molecule has 1 aromatic carbocycles. The Labute approximate surface area is 161 Å². The monoisotopic (exact) mass is 391 g/mol. The molecule has 0 amide bonds. The molecule has 0 aliphatic carbocycles. The standard InChI is InChI=1S/C19H19Cl2N3O2/c1-11(2)13-10-17(22-23-19(13)25)26-18-14(20)8-12(9-15(18)21)16-6-4-5-7-24(16)3/h4-11,16H,1-3H3,(H,23,25). The minimum atomic E-state index is -0.236. The number of hydrogen-bond donors (Lipinski definition) is 1. The number of halogens is 2. The lowest BCUT2D eigenvalue weighted by molar-refractivity contribution is 0.389. The molecule has 0 bridgehead atoms. The van der Waals surface area contributed by atoms with Crippen molar-refractivity contribution in [3.63, 3.8) is 0 Å². The Balaban J connectivity index is 1.92. The Morgan fingerprint density at radius 2 is 1.88 bits per heavy atom. The lowest BCUT2D eigenvalue weighted by Gasteiger charge is -2.27. The number of hydrogen-bond acceptors (Lipinski definition) is 4. The van der Waals surface area contributed by atoms with Crippen molar-refractivity contribution in [3.05, 3.63) is 74.2 Å². The van der Waals surface area contributed by atoms with E-state index in [1.54, 1.807) is 6.07 Å². The maximum atomic E-state index is 11.8. The van der Waals surface area contributed by atoms with Crippen LogP contribution in [0.25, 0.3) is 0 Å². The largest absolute Gasteiger partial charge is 0.434 e. The second kappa shape index (κ2) is 7.56. The van der Waals surface area contributed by atoms with E-state index in [4.69, 9.17) is 27.9 Å². The number of nitrogens with zero attached hydrogens (tertiary/aromatic N) is 2. The summed E-state index contributed by atoms with van der Waals surface area (Å²) in [5.41, 5.74) is 1.30. The average Bonchev–Trinajstić information content (AvgIpc) is 2.59. The zero-order valence-electron chi connectivity index (χ0n) is 14.7. The molecule has 1 aliphatic rings. The van der Waals surface area contributed by atoms with Crippen molar-refractivity contribution in [3.8, 4) is 11.6 Å². The third-order valence-corrected chi connectivity index (χ3v) is 4.73. The highest BCUT2D eigenvalue weighted by molar-refractivity contribution is 6.37. The molecule has 0 saturated carbocycles. The molecule has 0 saturated heterocycles. The van der Waals surface area contributed by atoms with Gasteiger partial charge in [-0.3, -0.25) is 4.79 Å². The first kappa shape index (κ1) is 18.5. The Bertz CT molecular complexity index is 912. The normalized spacial score (nSPS) is 16.4. The van der Waals surface area contributed by atoms with Gasteiger partial charge in [-0.1, -0.05) is 49.2 Å². The first-order valence-electron chi connectivity index (χ1n) is 8.20. The molecule has 7 heteroatoms. The predicted octanol–water partition coefficient (Wildman–Crippen LogP) is 5.05. The number of ether oxygens (including phenoxy) is 1. The van der Waals surface area contributed by atoms with Crippen LogP contribution in [0.1, 0.15) is 36.9 Å². The molecular weight excluding hydrogens is 373 g/mol. The molecular formula is C19H19Cl2N3O2. The fourth-order valence-corrected chi connectivity index (χ4v) is 3.35. The molecule has 1 aromatic heterocycles. The topological polar surface area (TPSA) is 58.2 Å². The Hall–Kier alpha value is -2.24. The third kappa shape index (κ3) is 3.79. The Kier molecular flexibility index (Phi) is 5.39. The van der Waals surface area contributed by atoms with Gasteiger partial charge in [0.15, 0.2) is 5.75 Å².